The Morgan fingerprint density at radius 2 is 2.00 bits per heavy atom. The molecule has 18 heavy (non-hydrogen) atoms. The Kier molecular flexibility index (Phi) is 3.83. The predicted molar refractivity (Wildman–Crippen MR) is 73.7 cm³/mol. The van der Waals surface area contributed by atoms with Gasteiger partial charge < -0.3 is 0 Å². The Labute approximate surface area is 118 Å². The van der Waals surface area contributed by atoms with Gasteiger partial charge in [-0.15, -0.1) is 0 Å². The van der Waals surface area contributed by atoms with Crippen LogP contribution in [0.1, 0.15) is 21.5 Å². The second kappa shape index (κ2) is 5.21. The van der Waals surface area contributed by atoms with Crippen molar-refractivity contribution >= 4 is 33.3 Å². The smallest absolute Gasteiger partial charge is 0.197 e. The molecule has 0 aromatic heterocycles. The maximum absolute atomic E-state index is 13.7. The molecule has 0 aliphatic rings. The summed E-state index contributed by atoms with van der Waals surface area (Å²) in [6.07, 6.45) is 0. The molecule has 0 spiro atoms. The van der Waals surface area contributed by atoms with E-state index in [4.69, 9.17) is 11.6 Å². The number of halogens is 3. The number of carbonyl (C=O) groups is 1. The molecule has 2 rings (SSSR count). The molecule has 0 saturated heterocycles. The van der Waals surface area contributed by atoms with E-state index in [2.05, 4.69) is 15.9 Å². The van der Waals surface area contributed by atoms with Crippen molar-refractivity contribution in [1.29, 1.82) is 0 Å². The molecule has 0 radical (unpaired) electrons. The quantitative estimate of drug-likeness (QED) is 0.725. The lowest BCUT2D eigenvalue weighted by Gasteiger charge is -2.06. The van der Waals surface area contributed by atoms with Gasteiger partial charge in [-0.05, 0) is 46.6 Å². The Bertz CT molecular complexity index is 605. The average molecular weight is 328 g/mol. The first-order chi connectivity index (χ1) is 8.50. The fourth-order valence-corrected chi connectivity index (χ4v) is 2.30. The number of ketones is 1. The Balaban J connectivity index is 2.51. The van der Waals surface area contributed by atoms with Crippen LogP contribution in [0.3, 0.4) is 0 Å². The van der Waals surface area contributed by atoms with Gasteiger partial charge >= 0.3 is 0 Å². The van der Waals surface area contributed by atoms with Crippen molar-refractivity contribution in [3.63, 3.8) is 0 Å². The summed E-state index contributed by atoms with van der Waals surface area (Å²) in [5, 5.41) is 0.494. The largest absolute Gasteiger partial charge is 0.288 e. The SMILES string of the molecule is Cc1ccc(C(=O)c2c(F)cccc2Br)cc1Cl. The number of hydrogen-bond donors (Lipinski definition) is 0. The third-order valence-corrected chi connectivity index (χ3v) is 3.69. The van der Waals surface area contributed by atoms with Gasteiger partial charge in [-0.25, -0.2) is 4.39 Å². The van der Waals surface area contributed by atoms with Crippen molar-refractivity contribution in [2.45, 2.75) is 6.92 Å². The zero-order valence-electron chi connectivity index (χ0n) is 9.51. The van der Waals surface area contributed by atoms with Crippen LogP contribution in [-0.4, -0.2) is 5.78 Å². The zero-order valence-corrected chi connectivity index (χ0v) is 11.8. The number of rotatable bonds is 2. The number of hydrogen-bond acceptors (Lipinski definition) is 1. The second-order valence-electron chi connectivity index (χ2n) is 3.89. The van der Waals surface area contributed by atoms with Gasteiger partial charge in [0.2, 0.25) is 0 Å². The standard InChI is InChI=1S/C14H9BrClFO/c1-8-5-6-9(7-11(8)16)14(18)13-10(15)3-2-4-12(13)17/h2-7H,1H3. The molecule has 0 atom stereocenters. The summed E-state index contributed by atoms with van der Waals surface area (Å²) < 4.78 is 14.1. The molecule has 0 N–H and O–H groups in total. The highest BCUT2D eigenvalue weighted by atomic mass is 79.9. The minimum atomic E-state index is -0.550. The third-order valence-electron chi connectivity index (χ3n) is 2.62. The first-order valence-electron chi connectivity index (χ1n) is 5.25. The predicted octanol–water partition coefficient (Wildman–Crippen LogP) is 4.78. The lowest BCUT2D eigenvalue weighted by molar-refractivity contribution is 0.103. The molecule has 0 heterocycles. The zero-order chi connectivity index (χ0) is 13.3. The van der Waals surface area contributed by atoms with Crippen LogP contribution in [0.4, 0.5) is 4.39 Å². The van der Waals surface area contributed by atoms with Gasteiger partial charge in [0.25, 0.3) is 0 Å². The summed E-state index contributed by atoms with van der Waals surface area (Å²) in [4.78, 5) is 12.2. The molecule has 0 aliphatic carbocycles. The van der Waals surface area contributed by atoms with E-state index in [9.17, 15) is 9.18 Å². The summed E-state index contributed by atoms with van der Waals surface area (Å²) in [7, 11) is 0. The molecule has 4 heteroatoms. The number of benzene rings is 2. The van der Waals surface area contributed by atoms with Gasteiger partial charge in [0.15, 0.2) is 5.78 Å². The van der Waals surface area contributed by atoms with Gasteiger partial charge in [0.05, 0.1) is 5.56 Å². The van der Waals surface area contributed by atoms with Crippen molar-refractivity contribution in [3.05, 3.63) is 68.4 Å². The summed E-state index contributed by atoms with van der Waals surface area (Å²) in [5.74, 6) is -0.937. The van der Waals surface area contributed by atoms with Crippen LogP contribution in [0.25, 0.3) is 0 Å². The van der Waals surface area contributed by atoms with Gasteiger partial charge in [-0.1, -0.05) is 29.8 Å². The van der Waals surface area contributed by atoms with Crippen molar-refractivity contribution in [1.82, 2.24) is 0 Å². The molecule has 2 aromatic carbocycles. The van der Waals surface area contributed by atoms with Gasteiger partial charge in [-0.2, -0.15) is 0 Å². The summed E-state index contributed by atoms with van der Waals surface area (Å²) >= 11 is 9.15. The van der Waals surface area contributed by atoms with Crippen molar-refractivity contribution in [3.8, 4) is 0 Å². The molecule has 92 valence electrons. The van der Waals surface area contributed by atoms with E-state index < -0.39 is 5.82 Å². The van der Waals surface area contributed by atoms with Crippen LogP contribution >= 0.6 is 27.5 Å². The molecular formula is C14H9BrClFO. The second-order valence-corrected chi connectivity index (χ2v) is 5.15. The van der Waals surface area contributed by atoms with Crippen molar-refractivity contribution in [2.24, 2.45) is 0 Å². The van der Waals surface area contributed by atoms with E-state index in [1.807, 2.05) is 6.92 Å². The summed E-state index contributed by atoms with van der Waals surface area (Å²) in [6, 6.07) is 9.36. The van der Waals surface area contributed by atoms with Crippen LogP contribution in [-0.2, 0) is 0 Å². The molecule has 0 unspecified atom stereocenters. The molecule has 0 aliphatic heterocycles. The van der Waals surface area contributed by atoms with E-state index in [-0.39, 0.29) is 11.3 Å². The lowest BCUT2D eigenvalue weighted by atomic mass is 10.0. The normalized spacial score (nSPS) is 10.4. The highest BCUT2D eigenvalue weighted by molar-refractivity contribution is 9.10. The summed E-state index contributed by atoms with van der Waals surface area (Å²) in [5.41, 5.74) is 1.27. The van der Waals surface area contributed by atoms with E-state index in [1.54, 1.807) is 24.3 Å². The van der Waals surface area contributed by atoms with E-state index in [0.717, 1.165) is 5.56 Å². The minimum Gasteiger partial charge on any atom is -0.288 e. The molecular weight excluding hydrogens is 319 g/mol. The maximum atomic E-state index is 13.7. The van der Waals surface area contributed by atoms with E-state index in [0.29, 0.717) is 15.1 Å². The first-order valence-corrected chi connectivity index (χ1v) is 6.42. The Hall–Kier alpha value is -1.19. The summed E-state index contributed by atoms with van der Waals surface area (Å²) in [6.45, 7) is 1.84. The third kappa shape index (κ3) is 2.47. The van der Waals surface area contributed by atoms with Crippen LogP contribution in [0.5, 0.6) is 0 Å². The van der Waals surface area contributed by atoms with Crippen molar-refractivity contribution in [2.75, 3.05) is 0 Å². The number of carbonyl (C=O) groups excluding carboxylic acids is 1. The molecule has 0 bridgehead atoms. The molecule has 0 amide bonds. The maximum Gasteiger partial charge on any atom is 0.197 e. The molecule has 0 saturated carbocycles. The van der Waals surface area contributed by atoms with Gasteiger partial charge in [0, 0.05) is 15.1 Å². The fraction of sp³-hybridized carbons (Fsp3) is 0.0714. The average Bonchev–Trinajstić information content (AvgIpc) is 2.32. The Morgan fingerprint density at radius 3 is 2.61 bits per heavy atom. The molecule has 2 aromatic rings. The Morgan fingerprint density at radius 1 is 1.28 bits per heavy atom. The van der Waals surface area contributed by atoms with Gasteiger partial charge in [-0.3, -0.25) is 4.79 Å². The van der Waals surface area contributed by atoms with Crippen LogP contribution < -0.4 is 0 Å². The lowest BCUT2D eigenvalue weighted by Crippen LogP contribution is -2.05. The monoisotopic (exact) mass is 326 g/mol. The van der Waals surface area contributed by atoms with Crippen LogP contribution in [0.2, 0.25) is 5.02 Å². The topological polar surface area (TPSA) is 17.1 Å². The highest BCUT2D eigenvalue weighted by Crippen LogP contribution is 2.25. The fourth-order valence-electron chi connectivity index (χ4n) is 1.59. The van der Waals surface area contributed by atoms with Crippen LogP contribution in [0, 0.1) is 12.7 Å². The van der Waals surface area contributed by atoms with Gasteiger partial charge in [0.1, 0.15) is 5.82 Å². The minimum absolute atomic E-state index is 0.0254. The van der Waals surface area contributed by atoms with Crippen molar-refractivity contribution < 1.29 is 9.18 Å². The molecule has 0 fully saturated rings. The highest BCUT2D eigenvalue weighted by Gasteiger charge is 2.17. The van der Waals surface area contributed by atoms with Crippen LogP contribution in [0.15, 0.2) is 40.9 Å². The number of aryl methyl sites for hydroxylation is 1. The van der Waals surface area contributed by atoms with E-state index in [1.165, 1.54) is 12.1 Å². The first kappa shape index (κ1) is 13.2. The van der Waals surface area contributed by atoms with E-state index >= 15 is 0 Å². The molecule has 1 nitrogen and oxygen atoms in total.